The molecular weight excluding hydrogens is 444 g/mol. The van der Waals surface area contributed by atoms with Gasteiger partial charge in [0, 0.05) is 40.9 Å². The van der Waals surface area contributed by atoms with E-state index in [9.17, 15) is 18.4 Å². The lowest BCUT2D eigenvalue weighted by Crippen LogP contribution is -2.32. The number of halogens is 2. The van der Waals surface area contributed by atoms with Crippen molar-refractivity contribution in [1.29, 1.82) is 0 Å². The number of carbonyl (C=O) groups is 2. The fourth-order valence-corrected chi connectivity index (χ4v) is 5.09. The summed E-state index contributed by atoms with van der Waals surface area (Å²) < 4.78 is 27.5. The standard InChI is InChI=1S/C30H33F2NO2/c1-4-30(2,3)17-25(34)24-18-33-28(20-7-5-6-8-20)27(26(24)19-9-13-22(31)14-10-19)29(35)21-11-15-23(32)16-12-21/h9-16,18,20,26,33H,4-8,17H2,1-3H3. The van der Waals surface area contributed by atoms with Gasteiger partial charge in [-0.15, -0.1) is 0 Å². The van der Waals surface area contributed by atoms with Crippen molar-refractivity contribution in [1.82, 2.24) is 5.32 Å². The molecule has 35 heavy (non-hydrogen) atoms. The number of nitrogens with one attached hydrogen (secondary N) is 1. The van der Waals surface area contributed by atoms with Crippen molar-refractivity contribution in [2.75, 3.05) is 0 Å². The summed E-state index contributed by atoms with van der Waals surface area (Å²) in [4.78, 5) is 27.6. The summed E-state index contributed by atoms with van der Waals surface area (Å²) in [6, 6.07) is 11.6. The number of carbonyl (C=O) groups excluding carboxylic acids is 2. The van der Waals surface area contributed by atoms with Gasteiger partial charge in [0.1, 0.15) is 11.6 Å². The Kier molecular flexibility index (Phi) is 7.34. The lowest BCUT2D eigenvalue weighted by Gasteiger charge is -2.33. The first-order valence-electron chi connectivity index (χ1n) is 12.5. The van der Waals surface area contributed by atoms with E-state index in [0.717, 1.165) is 37.8 Å². The molecule has 0 aromatic heterocycles. The normalized spacial score (nSPS) is 18.9. The first-order chi connectivity index (χ1) is 16.7. The van der Waals surface area contributed by atoms with Gasteiger partial charge in [0.15, 0.2) is 11.6 Å². The van der Waals surface area contributed by atoms with Crippen LogP contribution in [0.1, 0.15) is 81.1 Å². The molecule has 0 bridgehead atoms. The van der Waals surface area contributed by atoms with Gasteiger partial charge in [0.25, 0.3) is 0 Å². The molecule has 184 valence electrons. The van der Waals surface area contributed by atoms with Crippen molar-refractivity contribution < 1.29 is 18.4 Å². The van der Waals surface area contributed by atoms with Crippen molar-refractivity contribution in [2.45, 2.75) is 65.2 Å². The Morgan fingerprint density at radius 1 is 0.943 bits per heavy atom. The molecule has 1 N–H and O–H groups in total. The third kappa shape index (κ3) is 5.44. The Hall–Kier alpha value is -3.08. The zero-order valence-corrected chi connectivity index (χ0v) is 20.7. The van der Waals surface area contributed by atoms with Gasteiger partial charge in [-0.05, 0) is 66.1 Å². The Morgan fingerprint density at radius 2 is 1.51 bits per heavy atom. The predicted molar refractivity (Wildman–Crippen MR) is 134 cm³/mol. The van der Waals surface area contributed by atoms with Crippen LogP contribution in [0.4, 0.5) is 8.78 Å². The van der Waals surface area contributed by atoms with Crippen LogP contribution in [-0.4, -0.2) is 11.6 Å². The fourth-order valence-electron chi connectivity index (χ4n) is 5.09. The van der Waals surface area contributed by atoms with E-state index in [4.69, 9.17) is 0 Å². The van der Waals surface area contributed by atoms with Crippen LogP contribution >= 0.6 is 0 Å². The average Bonchev–Trinajstić information content (AvgIpc) is 3.38. The second-order valence-electron chi connectivity index (χ2n) is 10.5. The van der Waals surface area contributed by atoms with Crippen LogP contribution in [-0.2, 0) is 4.79 Å². The van der Waals surface area contributed by atoms with Crippen LogP contribution in [0.15, 0.2) is 71.6 Å². The van der Waals surface area contributed by atoms with Crippen molar-refractivity contribution in [3.63, 3.8) is 0 Å². The molecule has 1 atom stereocenters. The van der Waals surface area contributed by atoms with Gasteiger partial charge in [-0.1, -0.05) is 52.2 Å². The number of allylic oxidation sites excluding steroid dienone is 3. The molecule has 0 radical (unpaired) electrons. The molecule has 0 amide bonds. The molecule has 1 aliphatic carbocycles. The maximum atomic E-state index is 14.0. The van der Waals surface area contributed by atoms with Crippen molar-refractivity contribution in [3.05, 3.63) is 94.3 Å². The molecule has 0 spiro atoms. The van der Waals surface area contributed by atoms with E-state index in [2.05, 4.69) is 26.1 Å². The monoisotopic (exact) mass is 477 g/mol. The largest absolute Gasteiger partial charge is 0.364 e. The quantitative estimate of drug-likeness (QED) is 0.407. The highest BCUT2D eigenvalue weighted by Crippen LogP contribution is 2.44. The molecule has 1 fully saturated rings. The van der Waals surface area contributed by atoms with E-state index in [0.29, 0.717) is 28.7 Å². The molecule has 5 heteroatoms. The van der Waals surface area contributed by atoms with Crippen molar-refractivity contribution in [2.24, 2.45) is 11.3 Å². The number of Topliss-reactive ketones (excluding diaryl/α,β-unsaturated/α-hetero) is 2. The summed E-state index contributed by atoms with van der Waals surface area (Å²) in [5, 5.41) is 3.35. The summed E-state index contributed by atoms with van der Waals surface area (Å²) in [6.45, 7) is 6.16. The lowest BCUT2D eigenvalue weighted by atomic mass is 9.73. The van der Waals surface area contributed by atoms with Gasteiger partial charge >= 0.3 is 0 Å². The van der Waals surface area contributed by atoms with E-state index in [1.165, 1.54) is 36.4 Å². The van der Waals surface area contributed by atoms with Gasteiger partial charge in [0.05, 0.1) is 0 Å². The van der Waals surface area contributed by atoms with E-state index in [-0.39, 0.29) is 28.7 Å². The zero-order valence-electron chi connectivity index (χ0n) is 20.7. The number of rotatable bonds is 8. The summed E-state index contributed by atoms with van der Waals surface area (Å²) in [5.41, 5.74) is 2.72. The summed E-state index contributed by atoms with van der Waals surface area (Å²) in [7, 11) is 0. The minimum atomic E-state index is -0.620. The Morgan fingerprint density at radius 3 is 2.09 bits per heavy atom. The minimum Gasteiger partial charge on any atom is -0.364 e. The second-order valence-corrected chi connectivity index (χ2v) is 10.5. The Balaban J connectivity index is 1.87. The minimum absolute atomic E-state index is 0.0337. The molecule has 1 unspecified atom stereocenters. The van der Waals surface area contributed by atoms with Gasteiger partial charge in [-0.25, -0.2) is 8.78 Å². The predicted octanol–water partition coefficient (Wildman–Crippen LogP) is 7.26. The number of dihydropyridines is 1. The Labute approximate surface area is 206 Å². The molecule has 3 nitrogen and oxygen atoms in total. The van der Waals surface area contributed by atoms with Crippen LogP contribution in [0.3, 0.4) is 0 Å². The van der Waals surface area contributed by atoms with Gasteiger partial charge < -0.3 is 5.32 Å². The maximum absolute atomic E-state index is 14.0. The van der Waals surface area contributed by atoms with E-state index >= 15 is 0 Å². The molecule has 2 aromatic rings. The summed E-state index contributed by atoms with van der Waals surface area (Å²) >= 11 is 0. The van der Waals surface area contributed by atoms with Crippen LogP contribution < -0.4 is 5.32 Å². The van der Waals surface area contributed by atoms with E-state index in [1.54, 1.807) is 18.3 Å². The number of hydrogen-bond donors (Lipinski definition) is 1. The second kappa shape index (κ2) is 10.3. The van der Waals surface area contributed by atoms with Gasteiger partial charge in [-0.2, -0.15) is 0 Å². The molecule has 1 heterocycles. The van der Waals surface area contributed by atoms with Crippen molar-refractivity contribution >= 4 is 11.6 Å². The highest BCUT2D eigenvalue weighted by molar-refractivity contribution is 6.13. The molecule has 0 saturated heterocycles. The third-order valence-electron chi connectivity index (χ3n) is 7.51. The topological polar surface area (TPSA) is 46.2 Å². The first kappa shape index (κ1) is 25.0. The molecule has 2 aliphatic rings. The molecule has 1 aliphatic heterocycles. The van der Waals surface area contributed by atoms with E-state index < -0.39 is 11.7 Å². The Bertz CT molecular complexity index is 1150. The maximum Gasteiger partial charge on any atom is 0.191 e. The fraction of sp³-hybridized carbons (Fsp3) is 0.400. The molecular formula is C30H33F2NO2. The van der Waals surface area contributed by atoms with Crippen LogP contribution in [0.2, 0.25) is 0 Å². The molecule has 2 aromatic carbocycles. The number of ketones is 2. The summed E-state index contributed by atoms with van der Waals surface area (Å²) in [5.74, 6) is -1.50. The van der Waals surface area contributed by atoms with Crippen LogP contribution in [0.5, 0.6) is 0 Å². The highest BCUT2D eigenvalue weighted by atomic mass is 19.1. The zero-order chi connectivity index (χ0) is 25.2. The van der Waals surface area contributed by atoms with Crippen LogP contribution in [0.25, 0.3) is 0 Å². The first-order valence-corrected chi connectivity index (χ1v) is 12.5. The number of hydrogen-bond acceptors (Lipinski definition) is 3. The van der Waals surface area contributed by atoms with Crippen LogP contribution in [0, 0.1) is 23.0 Å². The van der Waals surface area contributed by atoms with Crippen molar-refractivity contribution in [3.8, 4) is 0 Å². The lowest BCUT2D eigenvalue weighted by molar-refractivity contribution is -0.117. The smallest absolute Gasteiger partial charge is 0.191 e. The summed E-state index contributed by atoms with van der Waals surface area (Å²) in [6.07, 6.45) is 7.01. The number of benzene rings is 2. The third-order valence-corrected chi connectivity index (χ3v) is 7.51. The molecule has 1 saturated carbocycles. The van der Waals surface area contributed by atoms with E-state index in [1.807, 2.05) is 0 Å². The molecule has 4 rings (SSSR count). The average molecular weight is 478 g/mol. The highest BCUT2D eigenvalue weighted by Gasteiger charge is 2.39. The van der Waals surface area contributed by atoms with Gasteiger partial charge in [0.2, 0.25) is 0 Å². The van der Waals surface area contributed by atoms with Gasteiger partial charge in [-0.3, -0.25) is 9.59 Å². The SMILES string of the molecule is CCC(C)(C)CC(=O)C1=CNC(C2CCCC2)=C(C(=O)c2ccc(F)cc2)C1c1ccc(F)cc1.